The molecule has 0 saturated carbocycles. The summed E-state index contributed by atoms with van der Waals surface area (Å²) < 4.78 is 44.3. The second kappa shape index (κ2) is 5.70. The molecule has 0 saturated heterocycles. The Morgan fingerprint density at radius 1 is 1.25 bits per heavy atom. The molecule has 24 heavy (non-hydrogen) atoms. The number of H-pyrrole nitrogens is 1. The molecule has 126 valence electrons. The number of methoxy groups -OCH3 is 1. The molecule has 0 radical (unpaired) electrons. The Labute approximate surface area is 134 Å². The molecule has 0 atom stereocenters. The Balaban J connectivity index is 2.23. The summed E-state index contributed by atoms with van der Waals surface area (Å²) in [5, 5.41) is 2.68. The molecule has 2 heterocycles. The van der Waals surface area contributed by atoms with E-state index in [2.05, 4.69) is 10.1 Å². The molecule has 0 aliphatic rings. The van der Waals surface area contributed by atoms with Gasteiger partial charge in [-0.2, -0.15) is 13.2 Å². The molecule has 0 spiro atoms. The van der Waals surface area contributed by atoms with E-state index in [1.807, 2.05) is 0 Å². The zero-order chi connectivity index (χ0) is 17.5. The first-order chi connectivity index (χ1) is 11.3. The molecule has 2 aromatic heterocycles. The lowest BCUT2D eigenvalue weighted by Gasteiger charge is -2.10. The van der Waals surface area contributed by atoms with Crippen LogP contribution in [-0.2, 0) is 6.42 Å². The van der Waals surface area contributed by atoms with Crippen molar-refractivity contribution in [1.82, 2.24) is 14.6 Å². The van der Waals surface area contributed by atoms with Crippen LogP contribution in [0, 0.1) is 6.92 Å². The average Bonchev–Trinajstić information content (AvgIpc) is 2.94. The molecule has 5 nitrogen and oxygen atoms in total. The van der Waals surface area contributed by atoms with E-state index in [0.717, 1.165) is 4.52 Å². The van der Waals surface area contributed by atoms with Gasteiger partial charge in [-0.3, -0.25) is 9.89 Å². The number of halogens is 3. The lowest BCUT2D eigenvalue weighted by molar-refractivity contribution is -0.127. The van der Waals surface area contributed by atoms with Crippen molar-refractivity contribution >= 4 is 5.65 Å². The fourth-order valence-corrected chi connectivity index (χ4v) is 2.63. The van der Waals surface area contributed by atoms with Crippen LogP contribution in [0.15, 0.2) is 35.3 Å². The molecule has 0 amide bonds. The quantitative estimate of drug-likeness (QED) is 0.799. The van der Waals surface area contributed by atoms with Crippen LogP contribution in [0.25, 0.3) is 16.8 Å². The summed E-state index contributed by atoms with van der Waals surface area (Å²) in [6.45, 7) is 1.40. The van der Waals surface area contributed by atoms with Crippen molar-refractivity contribution in [3.63, 3.8) is 0 Å². The summed E-state index contributed by atoms with van der Waals surface area (Å²) in [7, 11) is 1.51. The highest BCUT2D eigenvalue weighted by molar-refractivity contribution is 5.81. The molecule has 0 unspecified atom stereocenters. The van der Waals surface area contributed by atoms with Gasteiger partial charge in [-0.05, 0) is 13.0 Å². The first kappa shape index (κ1) is 16.1. The van der Waals surface area contributed by atoms with Crippen LogP contribution < -0.4 is 10.3 Å². The number of aromatic amines is 1. The third kappa shape index (κ3) is 2.75. The molecule has 1 N–H and O–H groups in total. The SMILES string of the molecule is COc1ccccc1-c1c[nH]n2c(=O)c(CC(F)(F)F)c(C)nc12. The van der Waals surface area contributed by atoms with Gasteiger partial charge in [0.2, 0.25) is 0 Å². The van der Waals surface area contributed by atoms with Gasteiger partial charge >= 0.3 is 6.18 Å². The molecular weight excluding hydrogens is 323 g/mol. The van der Waals surface area contributed by atoms with Crippen LogP contribution in [0.5, 0.6) is 5.75 Å². The number of nitrogens with zero attached hydrogens (tertiary/aromatic N) is 2. The van der Waals surface area contributed by atoms with Crippen LogP contribution in [0.2, 0.25) is 0 Å². The number of nitrogens with one attached hydrogen (secondary N) is 1. The Hall–Kier alpha value is -2.77. The summed E-state index contributed by atoms with van der Waals surface area (Å²) >= 11 is 0. The van der Waals surface area contributed by atoms with Gasteiger partial charge in [-0.15, -0.1) is 0 Å². The van der Waals surface area contributed by atoms with Crippen molar-refractivity contribution in [1.29, 1.82) is 0 Å². The van der Waals surface area contributed by atoms with Crippen LogP contribution in [0.3, 0.4) is 0 Å². The van der Waals surface area contributed by atoms with E-state index in [1.165, 1.54) is 20.2 Å². The number of rotatable bonds is 3. The summed E-state index contributed by atoms with van der Waals surface area (Å²) in [4.78, 5) is 16.6. The third-order valence-electron chi connectivity index (χ3n) is 3.74. The Bertz CT molecular complexity index is 957. The molecular formula is C16H14F3N3O2. The predicted octanol–water partition coefficient (Wildman–Crippen LogP) is 3.11. The average molecular weight is 337 g/mol. The fraction of sp³-hybridized carbons (Fsp3) is 0.250. The number of benzene rings is 1. The lowest BCUT2D eigenvalue weighted by Crippen LogP contribution is -2.26. The molecule has 3 rings (SSSR count). The summed E-state index contributed by atoms with van der Waals surface area (Å²) in [5.41, 5.74) is 0.463. The number of alkyl halides is 3. The molecule has 0 aliphatic heterocycles. The highest BCUT2D eigenvalue weighted by atomic mass is 19.4. The second-order valence-corrected chi connectivity index (χ2v) is 5.32. The number of aryl methyl sites for hydroxylation is 1. The summed E-state index contributed by atoms with van der Waals surface area (Å²) in [5.74, 6) is 0.574. The van der Waals surface area contributed by atoms with Gasteiger partial charge in [0.25, 0.3) is 5.56 Å². The molecule has 0 fully saturated rings. The van der Waals surface area contributed by atoms with Crippen LogP contribution in [0.4, 0.5) is 13.2 Å². The molecule has 0 aliphatic carbocycles. The van der Waals surface area contributed by atoms with Gasteiger partial charge in [0, 0.05) is 28.6 Å². The van der Waals surface area contributed by atoms with E-state index in [9.17, 15) is 18.0 Å². The summed E-state index contributed by atoms with van der Waals surface area (Å²) in [6, 6.07) is 7.13. The van der Waals surface area contributed by atoms with E-state index in [4.69, 9.17) is 4.74 Å². The van der Waals surface area contributed by atoms with E-state index in [1.54, 1.807) is 24.3 Å². The van der Waals surface area contributed by atoms with E-state index < -0.39 is 18.2 Å². The maximum absolute atomic E-state index is 12.7. The zero-order valence-electron chi connectivity index (χ0n) is 12.9. The predicted molar refractivity (Wildman–Crippen MR) is 82.3 cm³/mol. The molecule has 3 aromatic rings. The zero-order valence-corrected chi connectivity index (χ0v) is 12.9. The minimum atomic E-state index is -4.47. The van der Waals surface area contributed by atoms with Crippen molar-refractivity contribution in [3.05, 3.63) is 52.1 Å². The number of hydrogen-bond donors (Lipinski definition) is 1. The van der Waals surface area contributed by atoms with Gasteiger partial charge in [-0.25, -0.2) is 9.50 Å². The number of ether oxygens (including phenoxy) is 1. The largest absolute Gasteiger partial charge is 0.496 e. The fourth-order valence-electron chi connectivity index (χ4n) is 2.63. The minimum absolute atomic E-state index is 0.0630. The number of fused-ring (bicyclic) bond motifs is 1. The first-order valence-electron chi connectivity index (χ1n) is 7.11. The highest BCUT2D eigenvalue weighted by Crippen LogP contribution is 2.32. The first-order valence-corrected chi connectivity index (χ1v) is 7.11. The van der Waals surface area contributed by atoms with Gasteiger partial charge in [0.05, 0.1) is 13.5 Å². The van der Waals surface area contributed by atoms with Crippen molar-refractivity contribution < 1.29 is 17.9 Å². The lowest BCUT2D eigenvalue weighted by atomic mass is 10.1. The maximum atomic E-state index is 12.7. The molecule has 8 heteroatoms. The Kier molecular flexibility index (Phi) is 3.82. The van der Waals surface area contributed by atoms with Gasteiger partial charge in [-0.1, -0.05) is 18.2 Å². The van der Waals surface area contributed by atoms with Crippen LogP contribution in [0.1, 0.15) is 11.3 Å². The van der Waals surface area contributed by atoms with Crippen molar-refractivity contribution in [2.45, 2.75) is 19.5 Å². The normalized spacial score (nSPS) is 11.9. The summed E-state index contributed by atoms with van der Waals surface area (Å²) in [6.07, 6.45) is -4.26. The second-order valence-electron chi connectivity index (χ2n) is 5.32. The van der Waals surface area contributed by atoms with E-state index in [0.29, 0.717) is 16.9 Å². The smallest absolute Gasteiger partial charge is 0.393 e. The van der Waals surface area contributed by atoms with E-state index >= 15 is 0 Å². The van der Waals surface area contributed by atoms with Crippen molar-refractivity contribution in [2.24, 2.45) is 0 Å². The van der Waals surface area contributed by atoms with Crippen molar-refractivity contribution in [2.75, 3.05) is 7.11 Å². The van der Waals surface area contributed by atoms with Gasteiger partial charge < -0.3 is 4.74 Å². The van der Waals surface area contributed by atoms with E-state index in [-0.39, 0.29) is 16.9 Å². The number of aromatic nitrogens is 3. The molecule has 0 bridgehead atoms. The number of para-hydroxylation sites is 1. The monoisotopic (exact) mass is 337 g/mol. The van der Waals surface area contributed by atoms with Crippen LogP contribution in [-0.4, -0.2) is 27.9 Å². The highest BCUT2D eigenvalue weighted by Gasteiger charge is 2.31. The Morgan fingerprint density at radius 3 is 2.62 bits per heavy atom. The topological polar surface area (TPSA) is 59.4 Å². The third-order valence-corrected chi connectivity index (χ3v) is 3.74. The number of hydrogen-bond acceptors (Lipinski definition) is 3. The van der Waals surface area contributed by atoms with Crippen molar-refractivity contribution in [3.8, 4) is 16.9 Å². The van der Waals surface area contributed by atoms with Gasteiger partial charge in [0.1, 0.15) is 5.75 Å². The maximum Gasteiger partial charge on any atom is 0.393 e. The van der Waals surface area contributed by atoms with Gasteiger partial charge in [0.15, 0.2) is 5.65 Å². The van der Waals surface area contributed by atoms with Crippen LogP contribution >= 0.6 is 0 Å². The Morgan fingerprint density at radius 2 is 1.96 bits per heavy atom. The standard InChI is InChI=1S/C16H14F3N3O2/c1-9-11(7-16(17,18)19)15(23)22-14(21-9)12(8-20-22)10-5-3-4-6-13(10)24-2/h3-6,8,20H,7H2,1-2H3. The molecule has 1 aromatic carbocycles. The minimum Gasteiger partial charge on any atom is -0.496 e.